The second-order valence-electron chi connectivity index (χ2n) is 5.58. The lowest BCUT2D eigenvalue weighted by molar-refractivity contribution is -0.394. The number of carbonyl (C=O) groups excluding carboxylic acids is 1. The largest absolute Gasteiger partial charge is 0.305 e. The molecule has 1 N–H and O–H groups in total. The highest BCUT2D eigenvalue weighted by atomic mass is 79.9. The minimum absolute atomic E-state index is 0.0407. The van der Waals surface area contributed by atoms with Crippen molar-refractivity contribution in [3.63, 3.8) is 0 Å². The van der Waals surface area contributed by atoms with Gasteiger partial charge in [-0.2, -0.15) is 10.4 Å². The summed E-state index contributed by atoms with van der Waals surface area (Å²) in [7, 11) is 0. The van der Waals surface area contributed by atoms with Crippen LogP contribution in [-0.4, -0.2) is 25.5 Å². The van der Waals surface area contributed by atoms with Gasteiger partial charge in [-0.1, -0.05) is 22.0 Å². The van der Waals surface area contributed by atoms with E-state index in [9.17, 15) is 30.3 Å². The average molecular weight is 457 g/mol. The zero-order chi connectivity index (χ0) is 21.1. The molecule has 1 heterocycles. The summed E-state index contributed by atoms with van der Waals surface area (Å²) >= 11 is 3.25. The van der Waals surface area contributed by atoms with Gasteiger partial charge in [-0.15, -0.1) is 0 Å². The normalized spacial score (nSPS) is 10.2. The monoisotopic (exact) mass is 456 g/mol. The maximum absolute atomic E-state index is 12.6. The summed E-state index contributed by atoms with van der Waals surface area (Å²) in [4.78, 5) is 33.3. The number of halogens is 1. The van der Waals surface area contributed by atoms with Gasteiger partial charge in [0.05, 0.1) is 22.1 Å². The van der Waals surface area contributed by atoms with Crippen molar-refractivity contribution >= 4 is 39.0 Å². The van der Waals surface area contributed by atoms with Crippen LogP contribution in [0.5, 0.6) is 0 Å². The van der Waals surface area contributed by atoms with E-state index in [-0.39, 0.29) is 22.6 Å². The Morgan fingerprint density at radius 3 is 2.55 bits per heavy atom. The van der Waals surface area contributed by atoms with Gasteiger partial charge in [0.25, 0.3) is 11.6 Å². The minimum atomic E-state index is -0.810. The van der Waals surface area contributed by atoms with Crippen molar-refractivity contribution in [2.45, 2.75) is 0 Å². The number of hydrogen-bond donors (Lipinski definition) is 1. The lowest BCUT2D eigenvalue weighted by atomic mass is 10.2. The molecule has 0 fully saturated rings. The van der Waals surface area contributed by atoms with Crippen molar-refractivity contribution in [2.24, 2.45) is 0 Å². The van der Waals surface area contributed by atoms with E-state index in [1.807, 2.05) is 6.07 Å². The van der Waals surface area contributed by atoms with Gasteiger partial charge in [0.1, 0.15) is 17.3 Å². The van der Waals surface area contributed by atoms with Crippen LogP contribution in [0.2, 0.25) is 0 Å². The highest BCUT2D eigenvalue weighted by molar-refractivity contribution is 9.10. The number of amides is 1. The summed E-state index contributed by atoms with van der Waals surface area (Å²) in [5.41, 5.74) is -1.00. The highest BCUT2D eigenvalue weighted by Crippen LogP contribution is 2.31. The van der Waals surface area contributed by atoms with Gasteiger partial charge in [0.2, 0.25) is 0 Å². The predicted molar refractivity (Wildman–Crippen MR) is 104 cm³/mol. The van der Waals surface area contributed by atoms with Crippen LogP contribution >= 0.6 is 15.9 Å². The van der Waals surface area contributed by atoms with Crippen LogP contribution in [0.15, 0.2) is 53.1 Å². The molecular formula is C17H9BrN6O5. The van der Waals surface area contributed by atoms with Gasteiger partial charge in [-0.25, -0.2) is 4.68 Å². The number of aromatic nitrogens is 2. The molecule has 1 aromatic heterocycles. The molecule has 0 spiro atoms. The molecule has 29 heavy (non-hydrogen) atoms. The number of hydrogen-bond acceptors (Lipinski definition) is 7. The molecule has 0 bridgehead atoms. The Kier molecular flexibility index (Phi) is 5.33. The maximum atomic E-state index is 12.6. The molecule has 3 rings (SSSR count). The molecule has 144 valence electrons. The van der Waals surface area contributed by atoms with Crippen LogP contribution in [0.25, 0.3) is 5.69 Å². The molecule has 1 amide bonds. The zero-order valence-corrected chi connectivity index (χ0v) is 15.9. The number of benzene rings is 2. The van der Waals surface area contributed by atoms with E-state index >= 15 is 0 Å². The summed E-state index contributed by atoms with van der Waals surface area (Å²) in [6.45, 7) is 0. The first-order chi connectivity index (χ1) is 13.8. The Balaban J connectivity index is 2.10. The number of anilines is 1. The molecule has 0 radical (unpaired) electrons. The summed E-state index contributed by atoms with van der Waals surface area (Å²) in [5, 5.41) is 38.1. The Morgan fingerprint density at radius 2 is 1.93 bits per heavy atom. The van der Waals surface area contributed by atoms with Gasteiger partial charge in [0.15, 0.2) is 5.82 Å². The second-order valence-corrected chi connectivity index (χ2v) is 6.50. The van der Waals surface area contributed by atoms with Crippen molar-refractivity contribution in [1.29, 1.82) is 5.26 Å². The highest BCUT2D eigenvalue weighted by Gasteiger charge is 2.25. The minimum Gasteiger partial charge on any atom is -0.305 e. The van der Waals surface area contributed by atoms with E-state index in [1.165, 1.54) is 0 Å². The van der Waals surface area contributed by atoms with E-state index < -0.39 is 27.1 Å². The number of nitriles is 1. The SMILES string of the molecule is N#Cc1cnn(-c2ccc([N+](=O)[O-])cc2[N+](=O)[O-])c1NC(=O)c1cccc(Br)c1. The fourth-order valence-corrected chi connectivity index (χ4v) is 2.89. The quantitative estimate of drug-likeness (QED) is 0.453. The fraction of sp³-hybridized carbons (Fsp3) is 0. The van der Waals surface area contributed by atoms with Gasteiger partial charge in [-0.05, 0) is 24.3 Å². The lowest BCUT2D eigenvalue weighted by Crippen LogP contribution is -2.16. The van der Waals surface area contributed by atoms with Crippen LogP contribution in [0.3, 0.4) is 0 Å². The van der Waals surface area contributed by atoms with Crippen molar-refractivity contribution in [3.05, 3.63) is 84.5 Å². The molecule has 0 aliphatic rings. The summed E-state index contributed by atoms with van der Waals surface area (Å²) in [5.74, 6) is -0.677. The Bertz CT molecular complexity index is 1200. The Morgan fingerprint density at radius 1 is 1.17 bits per heavy atom. The number of nitrogens with zero attached hydrogens (tertiary/aromatic N) is 5. The van der Waals surface area contributed by atoms with Crippen LogP contribution in [0, 0.1) is 31.6 Å². The lowest BCUT2D eigenvalue weighted by Gasteiger charge is -2.10. The topological polar surface area (TPSA) is 157 Å². The molecule has 11 nitrogen and oxygen atoms in total. The fourth-order valence-electron chi connectivity index (χ4n) is 2.49. The molecule has 0 unspecified atom stereocenters. The first-order valence-corrected chi connectivity index (χ1v) is 8.59. The van der Waals surface area contributed by atoms with Gasteiger partial charge >= 0.3 is 5.69 Å². The van der Waals surface area contributed by atoms with Crippen LogP contribution < -0.4 is 5.32 Å². The van der Waals surface area contributed by atoms with Gasteiger partial charge < -0.3 is 5.32 Å². The second kappa shape index (κ2) is 7.87. The molecule has 0 saturated carbocycles. The smallest absolute Gasteiger partial charge is 0.301 e. The number of carbonyl (C=O) groups is 1. The number of rotatable bonds is 5. The molecular weight excluding hydrogens is 448 g/mol. The van der Waals surface area contributed by atoms with Gasteiger partial charge in [0, 0.05) is 16.1 Å². The van der Waals surface area contributed by atoms with Crippen molar-refractivity contribution in [1.82, 2.24) is 9.78 Å². The summed E-state index contributed by atoms with van der Waals surface area (Å²) in [6.07, 6.45) is 1.13. The van der Waals surface area contributed by atoms with E-state index in [0.29, 0.717) is 4.47 Å². The zero-order valence-electron chi connectivity index (χ0n) is 14.3. The molecule has 0 aliphatic heterocycles. The third kappa shape index (κ3) is 3.94. The van der Waals surface area contributed by atoms with Crippen molar-refractivity contribution < 1.29 is 14.6 Å². The van der Waals surface area contributed by atoms with Crippen LogP contribution in [0.1, 0.15) is 15.9 Å². The molecule has 3 aromatic rings. The van der Waals surface area contributed by atoms with Crippen molar-refractivity contribution in [2.75, 3.05) is 5.32 Å². The number of nitrogens with one attached hydrogen (secondary N) is 1. The van der Waals surface area contributed by atoms with E-state index in [4.69, 9.17) is 0 Å². The number of nitro groups is 2. The molecule has 12 heteroatoms. The van der Waals surface area contributed by atoms with Crippen molar-refractivity contribution in [3.8, 4) is 11.8 Å². The maximum Gasteiger partial charge on any atom is 0.301 e. The standard InChI is InChI=1S/C17H9BrN6O5/c18-12-3-1-2-10(6-12)17(25)21-16-11(8-19)9-20-22(16)14-5-4-13(23(26)27)7-15(14)24(28)29/h1-7,9H,(H,21,25). The molecule has 0 aliphatic carbocycles. The average Bonchev–Trinajstić information content (AvgIpc) is 3.09. The summed E-state index contributed by atoms with van der Waals surface area (Å²) in [6, 6.07) is 11.3. The third-order valence-electron chi connectivity index (χ3n) is 3.80. The van der Waals surface area contributed by atoms with E-state index in [0.717, 1.165) is 29.1 Å². The molecule has 0 saturated heterocycles. The Labute approximate surface area is 170 Å². The van der Waals surface area contributed by atoms with E-state index in [2.05, 4.69) is 26.3 Å². The first kappa shape index (κ1) is 19.6. The number of nitro benzene ring substituents is 2. The molecule has 2 aromatic carbocycles. The predicted octanol–water partition coefficient (Wildman–Crippen LogP) is 3.58. The van der Waals surface area contributed by atoms with Crippen LogP contribution in [0.4, 0.5) is 17.2 Å². The third-order valence-corrected chi connectivity index (χ3v) is 4.30. The van der Waals surface area contributed by atoms with Crippen LogP contribution in [-0.2, 0) is 0 Å². The number of non-ortho nitro benzene ring substituents is 1. The Hall–Kier alpha value is -4.11. The molecule has 0 atom stereocenters. The first-order valence-electron chi connectivity index (χ1n) is 7.80. The van der Waals surface area contributed by atoms with E-state index in [1.54, 1.807) is 24.3 Å². The van der Waals surface area contributed by atoms with Gasteiger partial charge in [-0.3, -0.25) is 25.0 Å². The summed E-state index contributed by atoms with van der Waals surface area (Å²) < 4.78 is 1.64.